The molecule has 2 aliphatic rings. The van der Waals surface area contributed by atoms with E-state index in [1.54, 1.807) is 0 Å². The quantitative estimate of drug-likeness (QED) is 0.367. The summed E-state index contributed by atoms with van der Waals surface area (Å²) in [6.07, 6.45) is 4.38. The molecule has 2 aliphatic heterocycles. The summed E-state index contributed by atoms with van der Waals surface area (Å²) in [6, 6.07) is 32.6. The molecule has 1 unspecified atom stereocenters. The van der Waals surface area contributed by atoms with Crippen molar-refractivity contribution in [2.75, 3.05) is 17.8 Å². The van der Waals surface area contributed by atoms with Crippen LogP contribution in [0.4, 0.5) is 11.4 Å². The topological polar surface area (TPSA) is 31.7 Å². The van der Waals surface area contributed by atoms with E-state index in [-0.39, 0.29) is 0 Å². The highest BCUT2D eigenvalue weighted by Gasteiger charge is 2.50. The average Bonchev–Trinajstić information content (AvgIpc) is 3.42. The SMILES string of the molecule is c1ccc(N=P2(c3cccc4cccnc34)N(c3ccccc3)C[C@@H]3CCCN32)cc1. The number of rotatable bonds is 3. The van der Waals surface area contributed by atoms with Gasteiger partial charge in [-0.2, -0.15) is 0 Å². The third-order valence-electron chi connectivity index (χ3n) is 6.42. The van der Waals surface area contributed by atoms with Crippen LogP contribution in [0.25, 0.3) is 10.9 Å². The van der Waals surface area contributed by atoms with E-state index in [1.165, 1.54) is 29.2 Å². The molecule has 0 aliphatic carbocycles. The highest BCUT2D eigenvalue weighted by atomic mass is 31.2. The van der Waals surface area contributed by atoms with Crippen LogP contribution in [0.1, 0.15) is 12.8 Å². The number of aromatic nitrogens is 1. The van der Waals surface area contributed by atoms with E-state index < -0.39 is 7.36 Å². The molecule has 2 atom stereocenters. The van der Waals surface area contributed by atoms with E-state index in [0.717, 1.165) is 24.3 Å². The van der Waals surface area contributed by atoms with E-state index in [2.05, 4.69) is 94.3 Å². The summed E-state index contributed by atoms with van der Waals surface area (Å²) in [7, 11) is -2.27. The van der Waals surface area contributed by atoms with Gasteiger partial charge in [-0.25, -0.2) is 9.42 Å². The predicted octanol–water partition coefficient (Wildman–Crippen LogP) is 6.21. The summed E-state index contributed by atoms with van der Waals surface area (Å²) in [5, 5.41) is 2.45. The standard InChI is InChI=1S/C26H25N4P/c1-3-12-22(13-4-1)28-31(25-17-7-10-21-11-8-18-27-26(21)25)29-19-9-16-24(29)20-30(31)23-14-5-2-6-15-23/h1-8,10-15,17-18,24H,9,16,19-20H2/t24-,31?/m0/s1. The molecular formula is C26H25N4P. The summed E-state index contributed by atoms with van der Waals surface area (Å²) >= 11 is 0. The Hall–Kier alpha value is -2.94. The number of fused-ring (bicyclic) bond motifs is 2. The summed E-state index contributed by atoms with van der Waals surface area (Å²) in [4.78, 5) is 4.87. The Morgan fingerprint density at radius 1 is 0.839 bits per heavy atom. The van der Waals surface area contributed by atoms with Crippen molar-refractivity contribution in [3.8, 4) is 0 Å². The van der Waals surface area contributed by atoms with Crippen molar-refractivity contribution in [1.29, 1.82) is 0 Å². The molecule has 4 nitrogen and oxygen atoms in total. The monoisotopic (exact) mass is 424 g/mol. The minimum atomic E-state index is -2.27. The van der Waals surface area contributed by atoms with Crippen LogP contribution in [-0.4, -0.2) is 28.8 Å². The first-order chi connectivity index (χ1) is 15.4. The highest BCUT2D eigenvalue weighted by molar-refractivity contribution is 7.74. The minimum Gasteiger partial charge on any atom is -0.322 e. The van der Waals surface area contributed by atoms with Crippen LogP contribution in [0, 0.1) is 0 Å². The first-order valence-corrected chi connectivity index (χ1v) is 12.6. The van der Waals surface area contributed by atoms with Gasteiger partial charge in [0.2, 0.25) is 0 Å². The number of benzene rings is 3. The summed E-state index contributed by atoms with van der Waals surface area (Å²) in [6.45, 7) is 2.10. The van der Waals surface area contributed by atoms with Gasteiger partial charge >= 0.3 is 0 Å². The number of nitrogens with zero attached hydrogens (tertiary/aromatic N) is 4. The van der Waals surface area contributed by atoms with Crippen LogP contribution in [-0.2, 0) is 0 Å². The van der Waals surface area contributed by atoms with Crippen LogP contribution < -0.4 is 9.97 Å². The zero-order valence-corrected chi connectivity index (χ0v) is 18.3. The number of hydrogen-bond acceptors (Lipinski definition) is 2. The van der Waals surface area contributed by atoms with Crippen molar-refractivity contribution < 1.29 is 0 Å². The van der Waals surface area contributed by atoms with Crippen LogP contribution in [0.3, 0.4) is 0 Å². The molecule has 0 saturated carbocycles. The molecule has 0 bridgehead atoms. The summed E-state index contributed by atoms with van der Waals surface area (Å²) in [5.74, 6) is 0. The van der Waals surface area contributed by atoms with Gasteiger partial charge in [-0.3, -0.25) is 4.98 Å². The molecule has 1 aromatic heterocycles. The Balaban J connectivity index is 1.71. The molecule has 0 amide bonds. The van der Waals surface area contributed by atoms with Crippen LogP contribution in [0.15, 0.2) is 102 Å². The smallest absolute Gasteiger partial charge is 0.158 e. The minimum absolute atomic E-state index is 0.528. The number of pyridine rings is 1. The van der Waals surface area contributed by atoms with E-state index in [4.69, 9.17) is 9.73 Å². The van der Waals surface area contributed by atoms with Gasteiger partial charge in [0.1, 0.15) is 0 Å². The normalized spacial score (nSPS) is 23.2. The molecular weight excluding hydrogens is 399 g/mol. The second-order valence-electron chi connectivity index (χ2n) is 8.23. The molecule has 2 saturated heterocycles. The summed E-state index contributed by atoms with van der Waals surface area (Å²) in [5.41, 5.74) is 3.36. The maximum Gasteiger partial charge on any atom is 0.158 e. The van der Waals surface area contributed by atoms with Gasteiger partial charge in [0.15, 0.2) is 7.36 Å². The lowest BCUT2D eigenvalue weighted by molar-refractivity contribution is 0.464. The molecule has 0 radical (unpaired) electrons. The van der Waals surface area contributed by atoms with Crippen LogP contribution >= 0.6 is 7.36 Å². The molecule has 2 fully saturated rings. The van der Waals surface area contributed by atoms with Crippen molar-refractivity contribution in [2.45, 2.75) is 18.9 Å². The van der Waals surface area contributed by atoms with Crippen molar-refractivity contribution in [3.05, 3.63) is 97.2 Å². The van der Waals surface area contributed by atoms with Crippen LogP contribution in [0.5, 0.6) is 0 Å². The Morgan fingerprint density at radius 3 is 2.45 bits per heavy atom. The van der Waals surface area contributed by atoms with E-state index >= 15 is 0 Å². The largest absolute Gasteiger partial charge is 0.322 e. The van der Waals surface area contributed by atoms with Gasteiger partial charge in [0.05, 0.1) is 16.5 Å². The first kappa shape index (κ1) is 18.8. The Bertz CT molecular complexity index is 1270. The van der Waals surface area contributed by atoms with E-state index in [0.29, 0.717) is 6.04 Å². The predicted molar refractivity (Wildman–Crippen MR) is 130 cm³/mol. The Labute approximate surface area is 183 Å². The molecule has 3 heterocycles. The second-order valence-corrected chi connectivity index (χ2v) is 11.0. The second kappa shape index (κ2) is 7.64. The van der Waals surface area contributed by atoms with Crippen molar-refractivity contribution in [2.24, 2.45) is 4.74 Å². The summed E-state index contributed by atoms with van der Waals surface area (Å²) < 4.78 is 11.0. The zero-order chi connectivity index (χ0) is 20.7. The molecule has 6 rings (SSSR count). The molecule has 154 valence electrons. The van der Waals surface area contributed by atoms with E-state index in [9.17, 15) is 0 Å². The van der Waals surface area contributed by atoms with Gasteiger partial charge in [-0.15, -0.1) is 0 Å². The van der Waals surface area contributed by atoms with Gasteiger partial charge in [0.25, 0.3) is 0 Å². The molecule has 4 aromatic rings. The van der Waals surface area contributed by atoms with Crippen molar-refractivity contribution in [3.63, 3.8) is 0 Å². The number of anilines is 1. The van der Waals surface area contributed by atoms with Gasteiger partial charge < -0.3 is 4.67 Å². The van der Waals surface area contributed by atoms with Gasteiger partial charge in [-0.1, -0.05) is 54.6 Å². The average molecular weight is 424 g/mol. The van der Waals surface area contributed by atoms with Crippen LogP contribution in [0.2, 0.25) is 0 Å². The van der Waals surface area contributed by atoms with Crippen molar-refractivity contribution in [1.82, 2.24) is 9.65 Å². The lowest BCUT2D eigenvalue weighted by Crippen LogP contribution is -2.28. The molecule has 5 heteroatoms. The Kier molecular flexibility index (Phi) is 4.63. The molecule has 3 aromatic carbocycles. The lowest BCUT2D eigenvalue weighted by Gasteiger charge is -2.37. The maximum atomic E-state index is 5.63. The lowest BCUT2D eigenvalue weighted by atomic mass is 10.2. The molecule has 0 N–H and O–H groups in total. The third kappa shape index (κ3) is 3.02. The fraction of sp³-hybridized carbons (Fsp3) is 0.192. The third-order valence-corrected chi connectivity index (χ3v) is 10.3. The van der Waals surface area contributed by atoms with E-state index in [1.807, 2.05) is 12.3 Å². The maximum absolute atomic E-state index is 5.63. The van der Waals surface area contributed by atoms with Gasteiger partial charge in [-0.05, 0) is 49.2 Å². The Morgan fingerprint density at radius 2 is 1.61 bits per heavy atom. The highest BCUT2D eigenvalue weighted by Crippen LogP contribution is 2.66. The number of hydrogen-bond donors (Lipinski definition) is 0. The number of para-hydroxylation sites is 2. The van der Waals surface area contributed by atoms with Gasteiger partial charge in [0, 0.05) is 36.4 Å². The fourth-order valence-corrected chi connectivity index (χ4v) is 9.40. The van der Waals surface area contributed by atoms with Crippen molar-refractivity contribution >= 4 is 34.9 Å². The molecule has 0 spiro atoms. The fourth-order valence-electron chi connectivity index (χ4n) is 5.11. The molecule has 31 heavy (non-hydrogen) atoms. The zero-order valence-electron chi connectivity index (χ0n) is 17.4. The first-order valence-electron chi connectivity index (χ1n) is 11.0.